The van der Waals surface area contributed by atoms with Crippen LogP contribution in [0.5, 0.6) is 28.7 Å². The molecule has 0 aliphatic carbocycles. The highest BCUT2D eigenvalue weighted by molar-refractivity contribution is 5.88. The van der Waals surface area contributed by atoms with Crippen LogP contribution in [0, 0.1) is 0 Å². The highest BCUT2D eigenvalue weighted by Crippen LogP contribution is 2.40. The molecular formula is C32H38O21. The van der Waals surface area contributed by atoms with Crippen molar-refractivity contribution in [3.8, 4) is 40.1 Å². The lowest BCUT2D eigenvalue weighted by Crippen LogP contribution is -2.64. The lowest BCUT2D eigenvalue weighted by Gasteiger charge is -2.44. The molecule has 4 heterocycles. The van der Waals surface area contributed by atoms with Crippen LogP contribution in [-0.4, -0.2) is 172 Å². The monoisotopic (exact) mass is 758 g/mol. The predicted octanol–water partition coefficient (Wildman–Crippen LogP) is -4.60. The van der Waals surface area contributed by atoms with Gasteiger partial charge in [-0.05, 0) is 18.2 Å². The van der Waals surface area contributed by atoms with Crippen LogP contribution in [0.25, 0.3) is 22.3 Å². The minimum atomic E-state index is -1.98. The Balaban J connectivity index is 1.42. The second-order valence-corrected chi connectivity index (χ2v) is 12.6. The molecule has 3 aromatic rings. The molecule has 53 heavy (non-hydrogen) atoms. The highest BCUT2D eigenvalue weighted by atomic mass is 16.8. The fourth-order valence-corrected chi connectivity index (χ4v) is 6.05. The fraction of sp³-hybridized carbons (Fsp3) is 0.531. The predicted molar refractivity (Wildman–Crippen MR) is 168 cm³/mol. The van der Waals surface area contributed by atoms with Gasteiger partial charge in [-0.25, -0.2) is 0 Å². The van der Waals surface area contributed by atoms with E-state index in [2.05, 4.69) is 0 Å². The Morgan fingerprint density at radius 1 is 0.660 bits per heavy atom. The van der Waals surface area contributed by atoms with Gasteiger partial charge in [0.05, 0.1) is 19.8 Å². The molecule has 3 fully saturated rings. The summed E-state index contributed by atoms with van der Waals surface area (Å²) < 4.78 is 39.3. The van der Waals surface area contributed by atoms with Crippen LogP contribution in [0.3, 0.4) is 0 Å². The van der Waals surface area contributed by atoms with E-state index in [4.69, 9.17) is 32.8 Å². The highest BCUT2D eigenvalue weighted by Gasteiger charge is 2.50. The molecule has 0 bridgehead atoms. The maximum absolute atomic E-state index is 14.2. The Bertz CT molecular complexity index is 1820. The zero-order chi connectivity index (χ0) is 38.5. The standard InChI is InChI=1S/C32H38O21/c33-6-16-20(40)23(43)26(46)31(50-16)48-10-4-13(37)18-15(5-10)49-27(9-1-2-11(35)12(36)3-9)28(22(18)42)52-32-29(24(44)21(41)17(7-34)51-32)53-30-25(45)19(39)14(38)8-47-30/h1-5,14,16-17,19-21,23-26,29-41,43-46H,6-8H2/t14-,16?,17?,19?,20-,21-,23+,24?,25-,26?,29?,30+,31-,32+/m1/s1. The van der Waals surface area contributed by atoms with E-state index in [1.54, 1.807) is 0 Å². The topological polar surface area (TPSA) is 349 Å². The van der Waals surface area contributed by atoms with E-state index >= 15 is 0 Å². The molecule has 2 aromatic carbocycles. The third-order valence-electron chi connectivity index (χ3n) is 9.05. The zero-order valence-electron chi connectivity index (χ0n) is 27.2. The number of rotatable bonds is 9. The Labute approximate surface area is 296 Å². The van der Waals surface area contributed by atoms with Gasteiger partial charge >= 0.3 is 0 Å². The average molecular weight is 759 g/mol. The van der Waals surface area contributed by atoms with Gasteiger partial charge in [0.25, 0.3) is 0 Å². The third kappa shape index (κ3) is 7.33. The van der Waals surface area contributed by atoms with Gasteiger partial charge in [0.2, 0.25) is 23.8 Å². The number of aromatic hydroxyl groups is 3. The number of aliphatic hydroxyl groups excluding tert-OH is 10. The Morgan fingerprint density at radius 3 is 1.96 bits per heavy atom. The maximum atomic E-state index is 14.2. The van der Waals surface area contributed by atoms with Crippen LogP contribution in [0.4, 0.5) is 0 Å². The van der Waals surface area contributed by atoms with Gasteiger partial charge in [0.1, 0.15) is 83.5 Å². The summed E-state index contributed by atoms with van der Waals surface area (Å²) in [6.07, 6.45) is -24.5. The van der Waals surface area contributed by atoms with E-state index in [9.17, 15) is 71.2 Å². The summed E-state index contributed by atoms with van der Waals surface area (Å²) >= 11 is 0. The van der Waals surface area contributed by atoms with Gasteiger partial charge in [-0.3, -0.25) is 4.79 Å². The number of phenols is 3. The van der Waals surface area contributed by atoms with Crippen molar-refractivity contribution >= 4 is 11.0 Å². The second kappa shape index (κ2) is 15.4. The van der Waals surface area contributed by atoms with E-state index in [1.807, 2.05) is 0 Å². The first-order valence-electron chi connectivity index (χ1n) is 16.1. The summed E-state index contributed by atoms with van der Waals surface area (Å²) in [5, 5.41) is 133. The first-order chi connectivity index (χ1) is 25.1. The summed E-state index contributed by atoms with van der Waals surface area (Å²) in [6, 6.07) is 5.12. The van der Waals surface area contributed by atoms with Crippen LogP contribution in [0.1, 0.15) is 0 Å². The largest absolute Gasteiger partial charge is 0.507 e. The molecule has 0 radical (unpaired) electrons. The molecule has 21 nitrogen and oxygen atoms in total. The van der Waals surface area contributed by atoms with Crippen molar-refractivity contribution < 1.29 is 99.2 Å². The number of fused-ring (bicyclic) bond motifs is 1. The number of hydrogen-bond acceptors (Lipinski definition) is 21. The van der Waals surface area contributed by atoms with Gasteiger partial charge < -0.3 is 99.2 Å². The summed E-state index contributed by atoms with van der Waals surface area (Å²) in [6.45, 7) is -2.18. The molecule has 0 amide bonds. The maximum Gasteiger partial charge on any atom is 0.239 e. The van der Waals surface area contributed by atoms with Crippen molar-refractivity contribution in [3.63, 3.8) is 0 Å². The first-order valence-corrected chi connectivity index (χ1v) is 16.1. The van der Waals surface area contributed by atoms with Crippen molar-refractivity contribution in [1.29, 1.82) is 0 Å². The number of aliphatic hydroxyl groups is 10. The van der Waals surface area contributed by atoms with Crippen molar-refractivity contribution in [2.24, 2.45) is 0 Å². The van der Waals surface area contributed by atoms with Gasteiger partial charge in [0, 0.05) is 17.7 Å². The minimum Gasteiger partial charge on any atom is -0.507 e. The molecule has 21 heteroatoms. The molecule has 3 aliphatic heterocycles. The van der Waals surface area contributed by atoms with Crippen LogP contribution < -0.4 is 14.9 Å². The van der Waals surface area contributed by atoms with E-state index in [0.29, 0.717) is 0 Å². The molecule has 0 spiro atoms. The van der Waals surface area contributed by atoms with Crippen molar-refractivity contribution in [2.75, 3.05) is 19.8 Å². The lowest BCUT2D eigenvalue weighted by atomic mass is 9.98. The molecule has 3 saturated heterocycles. The summed E-state index contributed by atoms with van der Waals surface area (Å²) in [7, 11) is 0. The average Bonchev–Trinajstić information content (AvgIpc) is 3.13. The first kappa shape index (κ1) is 38.8. The van der Waals surface area contributed by atoms with E-state index in [1.165, 1.54) is 6.07 Å². The van der Waals surface area contributed by atoms with Crippen molar-refractivity contribution in [2.45, 2.75) is 86.0 Å². The normalized spacial score (nSPS) is 36.3. The molecule has 6 unspecified atom stereocenters. The van der Waals surface area contributed by atoms with Crippen LogP contribution in [0.15, 0.2) is 39.5 Å². The van der Waals surface area contributed by atoms with Gasteiger partial charge in [-0.2, -0.15) is 0 Å². The molecule has 14 atom stereocenters. The van der Waals surface area contributed by atoms with E-state index < -0.39 is 151 Å². The molecule has 13 N–H and O–H groups in total. The van der Waals surface area contributed by atoms with Gasteiger partial charge in [-0.15, -0.1) is 0 Å². The Hall–Kier alpha value is -3.91. The summed E-state index contributed by atoms with van der Waals surface area (Å²) in [4.78, 5) is 14.2. The lowest BCUT2D eigenvalue weighted by molar-refractivity contribution is -0.345. The molecular weight excluding hydrogens is 720 g/mol. The van der Waals surface area contributed by atoms with Gasteiger partial charge in [-0.1, -0.05) is 0 Å². The van der Waals surface area contributed by atoms with Crippen molar-refractivity contribution in [3.05, 3.63) is 40.6 Å². The van der Waals surface area contributed by atoms with Gasteiger partial charge in [0.15, 0.2) is 29.7 Å². The number of phenolic OH excluding ortho intramolecular Hbond substituents is 3. The number of benzene rings is 2. The van der Waals surface area contributed by atoms with Crippen molar-refractivity contribution in [1.82, 2.24) is 0 Å². The SMILES string of the molecule is O=c1c(O[C@@H]2OC(CO)[C@@H](O)C(O)C2O[C@@H]2OC[C@@H](O)C(O)[C@H]2O)c(-c2ccc(O)c(O)c2)oc2cc(O[C@@H]3OC(CO)[C@@H](O)[C@H](O)C3O)cc(O)c12. The molecule has 0 saturated carbocycles. The zero-order valence-corrected chi connectivity index (χ0v) is 27.2. The minimum absolute atomic E-state index is 0.134. The number of ether oxygens (including phenoxy) is 6. The Morgan fingerprint density at radius 2 is 1.30 bits per heavy atom. The van der Waals surface area contributed by atoms with Crippen LogP contribution in [-0.2, 0) is 18.9 Å². The summed E-state index contributed by atoms with van der Waals surface area (Å²) in [5.41, 5.74) is -1.69. The smallest absolute Gasteiger partial charge is 0.239 e. The van der Waals surface area contributed by atoms with E-state index in [-0.39, 0.29) is 11.3 Å². The fourth-order valence-electron chi connectivity index (χ4n) is 6.05. The van der Waals surface area contributed by atoms with Crippen LogP contribution >= 0.6 is 0 Å². The molecule has 3 aliphatic rings. The van der Waals surface area contributed by atoms with E-state index in [0.717, 1.165) is 24.3 Å². The number of hydrogen-bond donors (Lipinski definition) is 13. The quantitative estimate of drug-likeness (QED) is 0.0913. The summed E-state index contributed by atoms with van der Waals surface area (Å²) in [5.74, 6) is -3.69. The molecule has 1 aromatic heterocycles. The Kier molecular flexibility index (Phi) is 11.3. The van der Waals surface area contributed by atoms with Crippen LogP contribution in [0.2, 0.25) is 0 Å². The third-order valence-corrected chi connectivity index (χ3v) is 9.05. The molecule has 6 rings (SSSR count). The molecule has 292 valence electrons. The second-order valence-electron chi connectivity index (χ2n) is 12.6.